The third-order valence-electron chi connectivity index (χ3n) is 4.93. The zero-order valence-electron chi connectivity index (χ0n) is 12.6. The Morgan fingerprint density at radius 1 is 1.10 bits per heavy atom. The third kappa shape index (κ3) is 2.91. The third-order valence-corrected chi connectivity index (χ3v) is 5.94. The van der Waals surface area contributed by atoms with Crippen molar-refractivity contribution in [3.05, 3.63) is 35.2 Å². The van der Waals surface area contributed by atoms with Crippen LogP contribution in [0.5, 0.6) is 0 Å². The Morgan fingerprint density at radius 3 is 2.75 bits per heavy atom. The molecule has 108 valence electrons. The van der Waals surface area contributed by atoms with Crippen molar-refractivity contribution in [2.45, 2.75) is 57.9 Å². The predicted octanol–water partition coefficient (Wildman–Crippen LogP) is 5.13. The maximum Gasteiger partial charge on any atom is 0.0345 e. The molecule has 0 aliphatic heterocycles. The van der Waals surface area contributed by atoms with Crippen molar-refractivity contribution in [3.63, 3.8) is 0 Å². The molecule has 20 heavy (non-hydrogen) atoms. The molecule has 0 radical (unpaired) electrons. The van der Waals surface area contributed by atoms with Crippen LogP contribution >= 0.6 is 11.3 Å². The monoisotopic (exact) mass is 287 g/mol. The molecule has 1 aliphatic rings. The SMILES string of the molecule is CC1(C)CCCC(N)(Cc2csc3ccccc23)CC1. The van der Waals surface area contributed by atoms with Crippen LogP contribution in [-0.4, -0.2) is 5.54 Å². The van der Waals surface area contributed by atoms with E-state index in [0.29, 0.717) is 5.41 Å². The first-order chi connectivity index (χ1) is 9.48. The molecule has 2 heteroatoms. The minimum absolute atomic E-state index is 0.00237. The van der Waals surface area contributed by atoms with Gasteiger partial charge in [0.05, 0.1) is 0 Å². The number of thiophene rings is 1. The van der Waals surface area contributed by atoms with E-state index >= 15 is 0 Å². The van der Waals surface area contributed by atoms with Gasteiger partial charge in [0.25, 0.3) is 0 Å². The molecule has 0 spiro atoms. The van der Waals surface area contributed by atoms with Gasteiger partial charge in [0.15, 0.2) is 0 Å². The first kappa shape index (κ1) is 14.1. The second-order valence-corrected chi connectivity index (χ2v) is 8.23. The summed E-state index contributed by atoms with van der Waals surface area (Å²) in [6, 6.07) is 8.71. The summed E-state index contributed by atoms with van der Waals surface area (Å²) in [5.41, 5.74) is 8.69. The summed E-state index contributed by atoms with van der Waals surface area (Å²) in [6.07, 6.45) is 7.20. The minimum atomic E-state index is -0.00237. The number of hydrogen-bond donors (Lipinski definition) is 1. The van der Waals surface area contributed by atoms with Gasteiger partial charge < -0.3 is 5.73 Å². The zero-order chi connectivity index (χ0) is 14.2. The largest absolute Gasteiger partial charge is 0.325 e. The zero-order valence-corrected chi connectivity index (χ0v) is 13.4. The molecule has 1 unspecified atom stereocenters. The van der Waals surface area contributed by atoms with E-state index in [4.69, 9.17) is 5.73 Å². The quantitative estimate of drug-likeness (QED) is 0.761. The summed E-state index contributed by atoms with van der Waals surface area (Å²) in [4.78, 5) is 0. The molecule has 1 nitrogen and oxygen atoms in total. The second-order valence-electron chi connectivity index (χ2n) is 7.31. The van der Waals surface area contributed by atoms with Gasteiger partial charge in [0, 0.05) is 10.2 Å². The second kappa shape index (κ2) is 5.16. The van der Waals surface area contributed by atoms with Crippen molar-refractivity contribution >= 4 is 21.4 Å². The van der Waals surface area contributed by atoms with Gasteiger partial charge in [0.2, 0.25) is 0 Å². The molecule has 1 saturated carbocycles. The van der Waals surface area contributed by atoms with Crippen LogP contribution < -0.4 is 5.73 Å². The summed E-state index contributed by atoms with van der Waals surface area (Å²) in [5.74, 6) is 0. The fraction of sp³-hybridized carbons (Fsp3) is 0.556. The van der Waals surface area contributed by atoms with Gasteiger partial charge >= 0.3 is 0 Å². The highest BCUT2D eigenvalue weighted by Crippen LogP contribution is 2.39. The van der Waals surface area contributed by atoms with Crippen LogP contribution in [0.1, 0.15) is 51.5 Å². The van der Waals surface area contributed by atoms with E-state index in [9.17, 15) is 0 Å². The van der Waals surface area contributed by atoms with Crippen molar-refractivity contribution < 1.29 is 0 Å². The van der Waals surface area contributed by atoms with Crippen molar-refractivity contribution in [1.82, 2.24) is 0 Å². The van der Waals surface area contributed by atoms with Gasteiger partial charge in [-0.3, -0.25) is 0 Å². The van der Waals surface area contributed by atoms with E-state index in [-0.39, 0.29) is 5.54 Å². The van der Waals surface area contributed by atoms with Crippen LogP contribution in [0, 0.1) is 5.41 Å². The number of benzene rings is 1. The Kier molecular flexibility index (Phi) is 3.64. The normalized spacial score (nSPS) is 26.6. The molecule has 1 fully saturated rings. The lowest BCUT2D eigenvalue weighted by molar-refractivity contribution is 0.297. The number of rotatable bonds is 2. The van der Waals surface area contributed by atoms with Crippen LogP contribution in [0.25, 0.3) is 10.1 Å². The molecule has 0 bridgehead atoms. The molecule has 0 saturated heterocycles. The lowest BCUT2D eigenvalue weighted by atomic mass is 9.81. The van der Waals surface area contributed by atoms with Crippen molar-refractivity contribution in [1.29, 1.82) is 0 Å². The summed E-state index contributed by atoms with van der Waals surface area (Å²) < 4.78 is 1.39. The maximum absolute atomic E-state index is 6.77. The standard InChI is InChI=1S/C18H25NS/c1-17(2)8-5-9-18(19,11-10-17)12-14-13-20-16-7-4-3-6-15(14)16/h3-4,6-7,13H,5,8-12,19H2,1-2H3. The van der Waals surface area contributed by atoms with Gasteiger partial charge in [-0.05, 0) is 59.9 Å². The average Bonchev–Trinajstić information content (AvgIpc) is 2.74. The highest BCUT2D eigenvalue weighted by Gasteiger charge is 2.33. The molecular formula is C18H25NS. The number of fused-ring (bicyclic) bond motifs is 1. The van der Waals surface area contributed by atoms with Crippen LogP contribution in [0.3, 0.4) is 0 Å². The van der Waals surface area contributed by atoms with Gasteiger partial charge in [-0.15, -0.1) is 11.3 Å². The molecule has 2 N–H and O–H groups in total. The summed E-state index contributed by atoms with van der Waals surface area (Å²) in [6.45, 7) is 4.78. The summed E-state index contributed by atoms with van der Waals surface area (Å²) in [7, 11) is 0. The van der Waals surface area contributed by atoms with Crippen molar-refractivity contribution in [2.24, 2.45) is 11.1 Å². The molecule has 1 aromatic heterocycles. The molecule has 1 heterocycles. The van der Waals surface area contributed by atoms with Gasteiger partial charge in [-0.25, -0.2) is 0 Å². The average molecular weight is 287 g/mol. The van der Waals surface area contributed by atoms with Gasteiger partial charge in [-0.2, -0.15) is 0 Å². The maximum atomic E-state index is 6.77. The fourth-order valence-corrected chi connectivity index (χ4v) is 4.44. The smallest absolute Gasteiger partial charge is 0.0345 e. The molecular weight excluding hydrogens is 262 g/mol. The van der Waals surface area contributed by atoms with E-state index < -0.39 is 0 Å². The van der Waals surface area contributed by atoms with Crippen LogP contribution in [-0.2, 0) is 6.42 Å². The van der Waals surface area contributed by atoms with E-state index in [2.05, 4.69) is 43.5 Å². The topological polar surface area (TPSA) is 26.0 Å². The number of hydrogen-bond acceptors (Lipinski definition) is 2. The van der Waals surface area contributed by atoms with Gasteiger partial charge in [0.1, 0.15) is 0 Å². The Balaban J connectivity index is 1.82. The lowest BCUT2D eigenvalue weighted by Gasteiger charge is -2.29. The number of nitrogens with two attached hydrogens (primary N) is 1. The first-order valence-corrected chi connectivity index (χ1v) is 8.60. The molecule has 0 amide bonds. The molecule has 2 aromatic rings. The Labute approximate surface area is 126 Å². The lowest BCUT2D eigenvalue weighted by Crippen LogP contribution is -2.41. The van der Waals surface area contributed by atoms with E-state index in [1.54, 1.807) is 0 Å². The van der Waals surface area contributed by atoms with Crippen LogP contribution in [0.15, 0.2) is 29.6 Å². The first-order valence-electron chi connectivity index (χ1n) is 7.72. The van der Waals surface area contributed by atoms with E-state index in [1.165, 1.54) is 41.3 Å². The highest BCUT2D eigenvalue weighted by molar-refractivity contribution is 7.17. The molecule has 3 rings (SSSR count). The van der Waals surface area contributed by atoms with E-state index in [1.807, 2.05) is 11.3 Å². The van der Waals surface area contributed by atoms with Gasteiger partial charge in [-0.1, -0.05) is 38.5 Å². The van der Waals surface area contributed by atoms with Crippen molar-refractivity contribution in [2.75, 3.05) is 0 Å². The molecule has 1 atom stereocenters. The van der Waals surface area contributed by atoms with E-state index in [0.717, 1.165) is 12.8 Å². The Morgan fingerprint density at radius 2 is 1.90 bits per heavy atom. The van der Waals surface area contributed by atoms with Crippen LogP contribution in [0.2, 0.25) is 0 Å². The fourth-order valence-electron chi connectivity index (χ4n) is 3.48. The predicted molar refractivity (Wildman–Crippen MR) is 89.3 cm³/mol. The Hall–Kier alpha value is -0.860. The highest BCUT2D eigenvalue weighted by atomic mass is 32.1. The summed E-state index contributed by atoms with van der Waals surface area (Å²) >= 11 is 1.85. The summed E-state index contributed by atoms with van der Waals surface area (Å²) in [5, 5.41) is 3.72. The molecule has 1 aromatic carbocycles. The Bertz CT molecular complexity index is 598. The van der Waals surface area contributed by atoms with Crippen molar-refractivity contribution in [3.8, 4) is 0 Å². The van der Waals surface area contributed by atoms with Crippen LogP contribution in [0.4, 0.5) is 0 Å². The minimum Gasteiger partial charge on any atom is -0.325 e. The molecule has 1 aliphatic carbocycles.